The molecule has 156 valence electrons. The molecule has 1 aromatic heterocycles. The molecule has 4 rings (SSSR count). The summed E-state index contributed by atoms with van der Waals surface area (Å²) >= 11 is 3.40. The van der Waals surface area contributed by atoms with Crippen LogP contribution in [0.3, 0.4) is 0 Å². The maximum absolute atomic E-state index is 13.1. The quantitative estimate of drug-likeness (QED) is 0.543. The van der Waals surface area contributed by atoms with Gasteiger partial charge in [-0.3, -0.25) is 9.69 Å². The summed E-state index contributed by atoms with van der Waals surface area (Å²) in [5, 5.41) is 8.92. The average molecular weight is 477 g/mol. The Bertz CT molecular complexity index is 1090. The highest BCUT2D eigenvalue weighted by atomic mass is 79.9. The SMILES string of the molecule is N#Cc1ccc(CN2CCN(C(=O)c3cccnc3Oc3ccc(Br)cc3)CC2)cc1. The van der Waals surface area contributed by atoms with E-state index in [-0.39, 0.29) is 5.91 Å². The van der Waals surface area contributed by atoms with Gasteiger partial charge < -0.3 is 9.64 Å². The second-order valence-corrected chi connectivity index (χ2v) is 8.20. The zero-order valence-electron chi connectivity index (χ0n) is 16.9. The van der Waals surface area contributed by atoms with E-state index in [0.717, 1.165) is 29.7 Å². The lowest BCUT2D eigenvalue weighted by molar-refractivity contribution is 0.0625. The highest BCUT2D eigenvalue weighted by Gasteiger charge is 2.25. The second kappa shape index (κ2) is 9.73. The van der Waals surface area contributed by atoms with Crippen LogP contribution < -0.4 is 4.74 Å². The van der Waals surface area contributed by atoms with E-state index in [4.69, 9.17) is 10.00 Å². The van der Waals surface area contributed by atoms with Gasteiger partial charge >= 0.3 is 0 Å². The first-order chi connectivity index (χ1) is 15.1. The van der Waals surface area contributed by atoms with Crippen LogP contribution >= 0.6 is 15.9 Å². The molecule has 2 aromatic carbocycles. The second-order valence-electron chi connectivity index (χ2n) is 7.29. The van der Waals surface area contributed by atoms with Gasteiger partial charge in [-0.15, -0.1) is 0 Å². The van der Waals surface area contributed by atoms with Gasteiger partial charge in [0, 0.05) is 43.4 Å². The normalized spacial score (nSPS) is 14.1. The van der Waals surface area contributed by atoms with Crippen molar-refractivity contribution in [2.45, 2.75) is 6.54 Å². The van der Waals surface area contributed by atoms with E-state index in [1.165, 1.54) is 0 Å². The number of halogens is 1. The molecule has 0 unspecified atom stereocenters. The molecule has 0 bridgehead atoms. The van der Waals surface area contributed by atoms with Crippen molar-refractivity contribution >= 4 is 21.8 Å². The topological polar surface area (TPSA) is 69.5 Å². The van der Waals surface area contributed by atoms with E-state index in [1.807, 2.05) is 53.4 Å². The predicted octanol–water partition coefficient (Wildman–Crippen LogP) is 4.47. The van der Waals surface area contributed by atoms with Gasteiger partial charge in [-0.1, -0.05) is 28.1 Å². The van der Waals surface area contributed by atoms with Gasteiger partial charge in [0.1, 0.15) is 11.3 Å². The van der Waals surface area contributed by atoms with Crippen molar-refractivity contribution in [1.82, 2.24) is 14.8 Å². The number of pyridine rings is 1. The predicted molar refractivity (Wildman–Crippen MR) is 121 cm³/mol. The number of rotatable bonds is 5. The van der Waals surface area contributed by atoms with Crippen molar-refractivity contribution in [3.8, 4) is 17.7 Å². The highest BCUT2D eigenvalue weighted by Crippen LogP contribution is 2.25. The average Bonchev–Trinajstić information content (AvgIpc) is 2.81. The van der Waals surface area contributed by atoms with Gasteiger partial charge in [-0.05, 0) is 54.1 Å². The first-order valence-corrected chi connectivity index (χ1v) is 10.8. The monoisotopic (exact) mass is 476 g/mol. The highest BCUT2D eigenvalue weighted by molar-refractivity contribution is 9.10. The Balaban J connectivity index is 1.38. The third kappa shape index (κ3) is 5.29. The van der Waals surface area contributed by atoms with Crippen molar-refractivity contribution in [2.24, 2.45) is 0 Å². The Morgan fingerprint density at radius 3 is 2.42 bits per heavy atom. The number of piperazine rings is 1. The van der Waals surface area contributed by atoms with Gasteiger partial charge in [0.25, 0.3) is 5.91 Å². The summed E-state index contributed by atoms with van der Waals surface area (Å²) in [4.78, 5) is 21.6. The van der Waals surface area contributed by atoms with Crippen LogP contribution in [0.1, 0.15) is 21.5 Å². The van der Waals surface area contributed by atoms with Crippen LogP contribution in [0.25, 0.3) is 0 Å². The van der Waals surface area contributed by atoms with Crippen molar-refractivity contribution in [2.75, 3.05) is 26.2 Å². The van der Waals surface area contributed by atoms with Crippen LogP contribution in [-0.4, -0.2) is 46.9 Å². The summed E-state index contributed by atoms with van der Waals surface area (Å²) in [6.07, 6.45) is 1.63. The molecule has 31 heavy (non-hydrogen) atoms. The molecular formula is C24H21BrN4O2. The van der Waals surface area contributed by atoms with Crippen LogP contribution in [0.5, 0.6) is 11.6 Å². The Labute approximate surface area is 189 Å². The number of amides is 1. The fourth-order valence-corrected chi connectivity index (χ4v) is 3.74. The molecule has 0 radical (unpaired) electrons. The third-order valence-electron chi connectivity index (χ3n) is 5.18. The Hall–Kier alpha value is -3.21. The standard InChI is InChI=1S/C24H21BrN4O2/c25-20-7-9-21(10-8-20)31-23-22(2-1-11-27-23)24(30)29-14-12-28(13-15-29)17-19-5-3-18(16-26)4-6-19/h1-11H,12-15,17H2. The Kier molecular flexibility index (Phi) is 6.60. The number of nitrogens with zero attached hydrogens (tertiary/aromatic N) is 4. The van der Waals surface area contributed by atoms with E-state index >= 15 is 0 Å². The van der Waals surface area contributed by atoms with Crippen molar-refractivity contribution in [1.29, 1.82) is 5.26 Å². The number of hydrogen-bond donors (Lipinski definition) is 0. The Morgan fingerprint density at radius 1 is 1.03 bits per heavy atom. The third-order valence-corrected chi connectivity index (χ3v) is 5.71. The minimum absolute atomic E-state index is 0.0711. The molecule has 0 atom stereocenters. The summed E-state index contributed by atoms with van der Waals surface area (Å²) < 4.78 is 6.84. The first-order valence-electron chi connectivity index (χ1n) is 10.0. The largest absolute Gasteiger partial charge is 0.438 e. The molecule has 3 aromatic rings. The molecule has 2 heterocycles. The number of ether oxygens (including phenoxy) is 1. The number of hydrogen-bond acceptors (Lipinski definition) is 5. The molecule has 0 aliphatic carbocycles. The summed E-state index contributed by atoms with van der Waals surface area (Å²) in [6.45, 7) is 3.66. The lowest BCUT2D eigenvalue weighted by Crippen LogP contribution is -2.48. The molecule has 1 amide bonds. The number of carbonyl (C=O) groups is 1. The van der Waals surface area contributed by atoms with E-state index in [1.54, 1.807) is 18.3 Å². The number of aromatic nitrogens is 1. The first kappa shape index (κ1) is 21.0. The minimum Gasteiger partial charge on any atom is -0.438 e. The van der Waals surface area contributed by atoms with Gasteiger partial charge in [-0.25, -0.2) is 4.98 Å². The fourth-order valence-electron chi connectivity index (χ4n) is 3.47. The van der Waals surface area contributed by atoms with Gasteiger partial charge in [0.05, 0.1) is 11.6 Å². The number of benzene rings is 2. The summed E-state index contributed by atoms with van der Waals surface area (Å²) in [6, 6.07) is 20.7. The smallest absolute Gasteiger partial charge is 0.259 e. The molecule has 1 aliphatic heterocycles. The summed E-state index contributed by atoms with van der Waals surface area (Å²) in [5.41, 5.74) is 2.29. The zero-order chi connectivity index (χ0) is 21.6. The maximum Gasteiger partial charge on any atom is 0.259 e. The van der Waals surface area contributed by atoms with E-state index in [9.17, 15) is 4.79 Å². The van der Waals surface area contributed by atoms with Crippen molar-refractivity contribution in [3.05, 3.63) is 88.0 Å². The van der Waals surface area contributed by atoms with Crippen molar-refractivity contribution < 1.29 is 9.53 Å². The molecule has 0 N–H and O–H groups in total. The lowest BCUT2D eigenvalue weighted by atomic mass is 10.1. The van der Waals surface area contributed by atoms with Crippen LogP contribution in [0.2, 0.25) is 0 Å². The van der Waals surface area contributed by atoms with Crippen molar-refractivity contribution in [3.63, 3.8) is 0 Å². The molecule has 0 saturated carbocycles. The lowest BCUT2D eigenvalue weighted by Gasteiger charge is -2.35. The van der Waals surface area contributed by atoms with Gasteiger partial charge in [-0.2, -0.15) is 5.26 Å². The molecule has 1 saturated heterocycles. The van der Waals surface area contributed by atoms with Crippen LogP contribution in [-0.2, 0) is 6.54 Å². The number of nitriles is 1. The van der Waals surface area contributed by atoms with E-state index < -0.39 is 0 Å². The summed E-state index contributed by atoms with van der Waals surface area (Å²) in [7, 11) is 0. The van der Waals surface area contributed by atoms with Gasteiger partial charge in [0.2, 0.25) is 5.88 Å². The molecule has 1 aliphatic rings. The molecule has 0 spiro atoms. The Morgan fingerprint density at radius 2 is 1.74 bits per heavy atom. The maximum atomic E-state index is 13.1. The van der Waals surface area contributed by atoms with Gasteiger partial charge in [0.15, 0.2) is 0 Å². The van der Waals surface area contributed by atoms with Crippen LogP contribution in [0.4, 0.5) is 0 Å². The molecule has 7 heteroatoms. The number of carbonyl (C=O) groups excluding carboxylic acids is 1. The fraction of sp³-hybridized carbons (Fsp3) is 0.208. The molecule has 6 nitrogen and oxygen atoms in total. The van der Waals surface area contributed by atoms with Crippen LogP contribution in [0.15, 0.2) is 71.3 Å². The van der Waals surface area contributed by atoms with E-state index in [0.29, 0.717) is 35.8 Å². The molecule has 1 fully saturated rings. The van der Waals surface area contributed by atoms with Crippen LogP contribution in [0, 0.1) is 11.3 Å². The minimum atomic E-state index is -0.0711. The van der Waals surface area contributed by atoms with E-state index in [2.05, 4.69) is 31.9 Å². The zero-order valence-corrected chi connectivity index (χ0v) is 18.5. The summed E-state index contributed by atoms with van der Waals surface area (Å²) in [5.74, 6) is 0.872. The molecular weight excluding hydrogens is 456 g/mol.